The molecule has 0 saturated carbocycles. The van der Waals surface area contributed by atoms with Crippen LogP contribution in [0.2, 0.25) is 0 Å². The van der Waals surface area contributed by atoms with Gasteiger partial charge in [0, 0.05) is 28.4 Å². The molecule has 1 aromatic carbocycles. The summed E-state index contributed by atoms with van der Waals surface area (Å²) >= 11 is 3.31. The SMILES string of the molecule is CC1CCc2c(-c3nnc(SCC(=O)NCc4ccccc4)n3C(C)C)csc2C1. The van der Waals surface area contributed by atoms with Gasteiger partial charge in [0.25, 0.3) is 0 Å². The van der Waals surface area contributed by atoms with Crippen molar-refractivity contribution in [1.29, 1.82) is 0 Å². The summed E-state index contributed by atoms with van der Waals surface area (Å²) in [7, 11) is 0. The summed E-state index contributed by atoms with van der Waals surface area (Å²) in [4.78, 5) is 13.8. The molecule has 1 aliphatic rings. The number of nitrogens with one attached hydrogen (secondary N) is 1. The van der Waals surface area contributed by atoms with Gasteiger partial charge in [-0.05, 0) is 50.2 Å². The second-order valence-electron chi connectivity index (χ2n) is 8.22. The van der Waals surface area contributed by atoms with Gasteiger partial charge in [-0.3, -0.25) is 9.36 Å². The lowest BCUT2D eigenvalue weighted by atomic mass is 9.88. The molecule has 0 aliphatic heterocycles. The van der Waals surface area contributed by atoms with Crippen LogP contribution >= 0.6 is 23.1 Å². The Bertz CT molecular complexity index is 1010. The number of fused-ring (bicyclic) bond motifs is 1. The van der Waals surface area contributed by atoms with Crippen LogP contribution in [0, 0.1) is 5.92 Å². The second kappa shape index (κ2) is 9.35. The van der Waals surface area contributed by atoms with Crippen molar-refractivity contribution in [2.45, 2.75) is 57.8 Å². The smallest absolute Gasteiger partial charge is 0.230 e. The summed E-state index contributed by atoms with van der Waals surface area (Å²) in [5.74, 6) is 2.03. The van der Waals surface area contributed by atoms with Crippen LogP contribution in [-0.2, 0) is 24.2 Å². The molecule has 5 nitrogen and oxygen atoms in total. The molecule has 158 valence electrons. The van der Waals surface area contributed by atoms with Crippen molar-refractivity contribution in [2.75, 3.05) is 5.75 Å². The average molecular weight is 441 g/mol. The zero-order valence-electron chi connectivity index (χ0n) is 17.7. The van der Waals surface area contributed by atoms with Crippen LogP contribution in [0.5, 0.6) is 0 Å². The van der Waals surface area contributed by atoms with Gasteiger partial charge in [0.2, 0.25) is 5.91 Å². The third-order valence-electron chi connectivity index (χ3n) is 5.49. The lowest BCUT2D eigenvalue weighted by molar-refractivity contribution is -0.118. The van der Waals surface area contributed by atoms with E-state index in [1.165, 1.54) is 40.6 Å². The molecule has 1 N–H and O–H groups in total. The van der Waals surface area contributed by atoms with Crippen LogP contribution < -0.4 is 5.32 Å². The van der Waals surface area contributed by atoms with Crippen LogP contribution in [-0.4, -0.2) is 26.4 Å². The number of benzene rings is 1. The number of thiophene rings is 1. The highest BCUT2D eigenvalue weighted by Crippen LogP contribution is 2.39. The number of carbonyl (C=O) groups is 1. The number of rotatable bonds is 7. The quantitative estimate of drug-likeness (QED) is 0.518. The van der Waals surface area contributed by atoms with Gasteiger partial charge >= 0.3 is 0 Å². The van der Waals surface area contributed by atoms with Crippen molar-refractivity contribution in [3.8, 4) is 11.4 Å². The Labute approximate surface area is 186 Å². The van der Waals surface area contributed by atoms with Crippen molar-refractivity contribution in [1.82, 2.24) is 20.1 Å². The molecule has 0 bridgehead atoms. The molecule has 1 unspecified atom stereocenters. The molecule has 1 atom stereocenters. The predicted molar refractivity (Wildman–Crippen MR) is 124 cm³/mol. The van der Waals surface area contributed by atoms with Crippen LogP contribution in [0.15, 0.2) is 40.9 Å². The summed E-state index contributed by atoms with van der Waals surface area (Å²) < 4.78 is 2.18. The Morgan fingerprint density at radius 1 is 1.30 bits per heavy atom. The molecule has 30 heavy (non-hydrogen) atoms. The maximum atomic E-state index is 12.3. The van der Waals surface area contributed by atoms with E-state index in [-0.39, 0.29) is 11.9 Å². The molecule has 2 heterocycles. The molecule has 1 amide bonds. The molecular formula is C23H28N4OS2. The maximum absolute atomic E-state index is 12.3. The maximum Gasteiger partial charge on any atom is 0.230 e. The summed E-state index contributed by atoms with van der Waals surface area (Å²) in [6, 6.07) is 10.2. The second-order valence-corrected chi connectivity index (χ2v) is 10.1. The van der Waals surface area contributed by atoms with E-state index in [1.807, 2.05) is 41.7 Å². The lowest BCUT2D eigenvalue weighted by Crippen LogP contribution is -2.24. The molecule has 0 fully saturated rings. The minimum atomic E-state index is 0.00519. The van der Waals surface area contributed by atoms with Crippen molar-refractivity contribution in [3.63, 3.8) is 0 Å². The Kier molecular flexibility index (Phi) is 6.58. The fourth-order valence-corrected chi connectivity index (χ4v) is 6.01. The summed E-state index contributed by atoms with van der Waals surface area (Å²) in [6.07, 6.45) is 3.51. The number of carbonyl (C=O) groups excluding carboxylic acids is 1. The van der Waals surface area contributed by atoms with Gasteiger partial charge in [-0.1, -0.05) is 49.0 Å². The van der Waals surface area contributed by atoms with Crippen LogP contribution in [0.1, 0.15) is 49.2 Å². The van der Waals surface area contributed by atoms with Crippen molar-refractivity contribution in [3.05, 3.63) is 51.7 Å². The Hall–Kier alpha value is -2.12. The van der Waals surface area contributed by atoms with Crippen molar-refractivity contribution < 1.29 is 4.79 Å². The van der Waals surface area contributed by atoms with E-state index in [2.05, 4.69) is 46.2 Å². The number of aromatic nitrogens is 3. The number of amides is 1. The van der Waals surface area contributed by atoms with Gasteiger partial charge in [0.15, 0.2) is 11.0 Å². The largest absolute Gasteiger partial charge is 0.351 e. The van der Waals surface area contributed by atoms with E-state index in [4.69, 9.17) is 0 Å². The van der Waals surface area contributed by atoms with Crippen LogP contribution in [0.25, 0.3) is 11.4 Å². The minimum absolute atomic E-state index is 0.00519. The van der Waals surface area contributed by atoms with E-state index in [1.54, 1.807) is 0 Å². The first-order valence-corrected chi connectivity index (χ1v) is 12.4. The Morgan fingerprint density at radius 2 is 2.10 bits per heavy atom. The molecule has 0 radical (unpaired) electrons. The predicted octanol–water partition coefficient (Wildman–Crippen LogP) is 5.12. The molecule has 2 aromatic heterocycles. The first kappa shape index (κ1) is 21.1. The van der Waals surface area contributed by atoms with E-state index in [0.29, 0.717) is 12.3 Å². The van der Waals surface area contributed by atoms with Crippen LogP contribution in [0.4, 0.5) is 0 Å². The molecule has 3 aromatic rings. The highest BCUT2D eigenvalue weighted by molar-refractivity contribution is 7.99. The Morgan fingerprint density at radius 3 is 2.87 bits per heavy atom. The summed E-state index contributed by atoms with van der Waals surface area (Å²) in [5.41, 5.74) is 3.77. The topological polar surface area (TPSA) is 59.8 Å². The zero-order valence-corrected chi connectivity index (χ0v) is 19.4. The highest BCUT2D eigenvalue weighted by atomic mass is 32.2. The first-order valence-electron chi connectivity index (χ1n) is 10.5. The molecule has 0 spiro atoms. The minimum Gasteiger partial charge on any atom is -0.351 e. The molecule has 1 aliphatic carbocycles. The third-order valence-corrected chi connectivity index (χ3v) is 7.48. The number of hydrogen-bond acceptors (Lipinski definition) is 5. The van der Waals surface area contributed by atoms with Gasteiger partial charge in [-0.25, -0.2) is 0 Å². The molecular weight excluding hydrogens is 412 g/mol. The van der Waals surface area contributed by atoms with E-state index in [0.717, 1.165) is 28.9 Å². The summed E-state index contributed by atoms with van der Waals surface area (Å²) in [5, 5.41) is 15.0. The molecule has 7 heteroatoms. The van der Waals surface area contributed by atoms with Gasteiger partial charge in [0.05, 0.1) is 5.75 Å². The van der Waals surface area contributed by atoms with Gasteiger partial charge < -0.3 is 5.32 Å². The van der Waals surface area contributed by atoms with Gasteiger partial charge in [0.1, 0.15) is 0 Å². The fraction of sp³-hybridized carbons (Fsp3) is 0.435. The highest BCUT2D eigenvalue weighted by Gasteiger charge is 2.25. The monoisotopic (exact) mass is 440 g/mol. The normalized spacial score (nSPS) is 15.9. The Balaban J connectivity index is 1.46. The number of hydrogen-bond donors (Lipinski definition) is 1. The van der Waals surface area contributed by atoms with E-state index < -0.39 is 0 Å². The fourth-order valence-electron chi connectivity index (χ4n) is 3.87. The van der Waals surface area contributed by atoms with E-state index >= 15 is 0 Å². The summed E-state index contributed by atoms with van der Waals surface area (Å²) in [6.45, 7) is 7.17. The number of nitrogens with zero attached hydrogens (tertiary/aromatic N) is 3. The molecule has 4 rings (SSSR count). The van der Waals surface area contributed by atoms with E-state index in [9.17, 15) is 4.79 Å². The average Bonchev–Trinajstić information content (AvgIpc) is 3.34. The molecule has 0 saturated heterocycles. The van der Waals surface area contributed by atoms with Gasteiger partial charge in [-0.2, -0.15) is 0 Å². The van der Waals surface area contributed by atoms with Crippen LogP contribution in [0.3, 0.4) is 0 Å². The third kappa shape index (κ3) is 4.62. The number of thioether (sulfide) groups is 1. The standard InChI is InChI=1S/C23H28N4OS2/c1-15(2)27-22(19-13-29-20-11-16(3)9-10-18(19)20)25-26-23(27)30-14-21(28)24-12-17-7-5-4-6-8-17/h4-8,13,15-16H,9-12,14H2,1-3H3,(H,24,28). The van der Waals surface area contributed by atoms with Gasteiger partial charge in [-0.15, -0.1) is 21.5 Å². The van der Waals surface area contributed by atoms with Crippen molar-refractivity contribution >= 4 is 29.0 Å². The van der Waals surface area contributed by atoms with Crippen molar-refractivity contribution in [2.24, 2.45) is 5.92 Å². The first-order chi connectivity index (χ1) is 14.5. The zero-order chi connectivity index (χ0) is 21.1. The lowest BCUT2D eigenvalue weighted by Gasteiger charge is -2.19.